The highest BCUT2D eigenvalue weighted by Crippen LogP contribution is 2.26. The van der Waals surface area contributed by atoms with E-state index in [0.717, 1.165) is 0 Å². The maximum atomic E-state index is 11.6. The number of aliphatic hydroxyl groups excluding tert-OH is 1. The molecule has 0 unspecified atom stereocenters. The van der Waals surface area contributed by atoms with E-state index in [2.05, 4.69) is 14.7 Å². The number of sulfonamides is 1. The van der Waals surface area contributed by atoms with Crippen LogP contribution < -0.4 is 4.72 Å². The molecule has 1 aliphatic carbocycles. The molecule has 1 aromatic heterocycles. The predicted molar refractivity (Wildman–Crippen MR) is 52.5 cm³/mol. The number of aromatic amines is 1. The quantitative estimate of drug-likeness (QED) is 0.648. The van der Waals surface area contributed by atoms with Gasteiger partial charge in [0.25, 0.3) is 10.0 Å². The molecule has 0 bridgehead atoms. The minimum atomic E-state index is -3.46. The topological polar surface area (TPSA) is 95.1 Å². The smallest absolute Gasteiger partial charge is 0.257 e. The minimum Gasteiger partial charge on any atom is -0.393 e. The molecule has 0 saturated heterocycles. The molecule has 0 aromatic carbocycles. The normalized spacial score (nSPS) is 26.2. The lowest BCUT2D eigenvalue weighted by atomic mass is 9.83. The zero-order valence-electron chi connectivity index (χ0n) is 8.05. The van der Waals surface area contributed by atoms with E-state index in [9.17, 15) is 8.42 Å². The molecule has 0 atom stereocenters. The monoisotopic (exact) mass is 231 g/mol. The fraction of sp³-hybridized carbons (Fsp3) is 0.625. The van der Waals surface area contributed by atoms with Gasteiger partial charge in [-0.25, -0.2) is 18.1 Å². The molecule has 0 aliphatic heterocycles. The Kier molecular flexibility index (Phi) is 2.76. The second kappa shape index (κ2) is 3.92. The Labute approximate surface area is 87.8 Å². The van der Waals surface area contributed by atoms with Crippen LogP contribution in [0.15, 0.2) is 17.6 Å². The van der Waals surface area contributed by atoms with E-state index in [4.69, 9.17) is 5.11 Å². The molecule has 0 radical (unpaired) electrons. The standard InChI is InChI=1S/C8H13N3O3S/c12-7-1-6(2-7)3-11-15(13,14)8-4-9-5-10-8/h4-7,11-12H,1-3H2,(H,9,10). The average molecular weight is 231 g/mol. The molecule has 84 valence electrons. The van der Waals surface area contributed by atoms with Gasteiger partial charge in [-0.3, -0.25) is 0 Å². The summed E-state index contributed by atoms with van der Waals surface area (Å²) in [7, 11) is -3.46. The second-order valence-electron chi connectivity index (χ2n) is 3.76. The van der Waals surface area contributed by atoms with Crippen molar-refractivity contribution < 1.29 is 13.5 Å². The van der Waals surface area contributed by atoms with Crippen LogP contribution in [0.25, 0.3) is 0 Å². The Bertz CT molecular complexity index is 408. The zero-order valence-corrected chi connectivity index (χ0v) is 8.87. The van der Waals surface area contributed by atoms with E-state index < -0.39 is 10.0 Å². The molecular formula is C8H13N3O3S. The van der Waals surface area contributed by atoms with E-state index in [1.807, 2.05) is 0 Å². The van der Waals surface area contributed by atoms with E-state index >= 15 is 0 Å². The number of hydrogen-bond acceptors (Lipinski definition) is 4. The van der Waals surface area contributed by atoms with Gasteiger partial charge >= 0.3 is 0 Å². The molecule has 3 N–H and O–H groups in total. The third-order valence-corrected chi connectivity index (χ3v) is 3.88. The highest BCUT2D eigenvalue weighted by atomic mass is 32.2. The number of nitrogens with one attached hydrogen (secondary N) is 2. The molecule has 15 heavy (non-hydrogen) atoms. The van der Waals surface area contributed by atoms with Crippen molar-refractivity contribution in [3.63, 3.8) is 0 Å². The Morgan fingerprint density at radius 1 is 1.60 bits per heavy atom. The molecule has 7 heteroatoms. The van der Waals surface area contributed by atoms with Crippen LogP contribution in [0.2, 0.25) is 0 Å². The van der Waals surface area contributed by atoms with Crippen molar-refractivity contribution in [2.45, 2.75) is 24.0 Å². The summed E-state index contributed by atoms with van der Waals surface area (Å²) in [5, 5.41) is 9.11. The lowest BCUT2D eigenvalue weighted by Crippen LogP contribution is -2.38. The first kappa shape index (κ1) is 10.6. The predicted octanol–water partition coefficient (Wildman–Crippen LogP) is -0.541. The molecule has 1 aromatic rings. The summed E-state index contributed by atoms with van der Waals surface area (Å²) in [6.07, 6.45) is 3.67. The van der Waals surface area contributed by atoms with Crippen LogP contribution in [0.4, 0.5) is 0 Å². The van der Waals surface area contributed by atoms with Gasteiger partial charge in [-0.1, -0.05) is 0 Å². The van der Waals surface area contributed by atoms with Gasteiger partial charge in [-0.2, -0.15) is 0 Å². The van der Waals surface area contributed by atoms with Crippen molar-refractivity contribution in [2.24, 2.45) is 5.92 Å². The summed E-state index contributed by atoms with van der Waals surface area (Å²) in [5.74, 6) is 0.248. The van der Waals surface area contributed by atoms with Crippen LogP contribution in [0.5, 0.6) is 0 Å². The molecule has 0 amide bonds. The summed E-state index contributed by atoms with van der Waals surface area (Å²) in [5.41, 5.74) is 0. The van der Waals surface area contributed by atoms with E-state index in [1.54, 1.807) is 0 Å². The average Bonchev–Trinajstić information content (AvgIpc) is 2.63. The van der Waals surface area contributed by atoms with Crippen molar-refractivity contribution in [1.29, 1.82) is 0 Å². The number of H-pyrrole nitrogens is 1. The summed E-state index contributed by atoms with van der Waals surface area (Å²) in [6.45, 7) is 0.373. The third kappa shape index (κ3) is 2.36. The minimum absolute atomic E-state index is 0.0716. The van der Waals surface area contributed by atoms with Gasteiger partial charge in [0.15, 0.2) is 5.03 Å². The van der Waals surface area contributed by atoms with Crippen LogP contribution in [0.3, 0.4) is 0 Å². The van der Waals surface area contributed by atoms with Crippen molar-refractivity contribution in [1.82, 2.24) is 14.7 Å². The molecule has 1 aliphatic rings. The number of imidazole rings is 1. The van der Waals surface area contributed by atoms with Gasteiger partial charge in [0, 0.05) is 6.54 Å². The van der Waals surface area contributed by atoms with Gasteiger partial charge in [-0.05, 0) is 18.8 Å². The van der Waals surface area contributed by atoms with Crippen LogP contribution >= 0.6 is 0 Å². The number of hydrogen-bond donors (Lipinski definition) is 3. The fourth-order valence-electron chi connectivity index (χ4n) is 1.56. The number of nitrogens with zero attached hydrogens (tertiary/aromatic N) is 1. The van der Waals surface area contributed by atoms with E-state index in [-0.39, 0.29) is 17.0 Å². The maximum Gasteiger partial charge on any atom is 0.257 e. The van der Waals surface area contributed by atoms with Crippen molar-refractivity contribution in [2.75, 3.05) is 6.54 Å². The number of rotatable bonds is 4. The highest BCUT2D eigenvalue weighted by Gasteiger charge is 2.28. The summed E-state index contributed by atoms with van der Waals surface area (Å²) in [6, 6.07) is 0. The van der Waals surface area contributed by atoms with E-state index in [0.29, 0.717) is 19.4 Å². The fourth-order valence-corrected chi connectivity index (χ4v) is 2.58. The largest absolute Gasteiger partial charge is 0.393 e. The summed E-state index contributed by atoms with van der Waals surface area (Å²) in [4.78, 5) is 6.18. The van der Waals surface area contributed by atoms with Gasteiger partial charge in [-0.15, -0.1) is 0 Å². The Balaban J connectivity index is 1.89. The molecule has 1 fully saturated rings. The molecular weight excluding hydrogens is 218 g/mol. The molecule has 1 saturated carbocycles. The summed E-state index contributed by atoms with van der Waals surface area (Å²) < 4.78 is 25.6. The molecule has 2 rings (SSSR count). The lowest BCUT2D eigenvalue weighted by Gasteiger charge is -2.31. The first-order chi connectivity index (χ1) is 7.08. The van der Waals surface area contributed by atoms with Gasteiger partial charge < -0.3 is 10.1 Å². The number of aromatic nitrogens is 2. The zero-order chi connectivity index (χ0) is 10.9. The van der Waals surface area contributed by atoms with Crippen LogP contribution in [0.1, 0.15) is 12.8 Å². The van der Waals surface area contributed by atoms with Gasteiger partial charge in [0.05, 0.1) is 18.6 Å². The second-order valence-corrected chi connectivity index (χ2v) is 5.49. The highest BCUT2D eigenvalue weighted by molar-refractivity contribution is 7.89. The van der Waals surface area contributed by atoms with E-state index in [1.165, 1.54) is 12.5 Å². The van der Waals surface area contributed by atoms with Crippen LogP contribution in [0, 0.1) is 5.92 Å². The molecule has 0 spiro atoms. The third-order valence-electron chi connectivity index (χ3n) is 2.54. The molecule has 6 nitrogen and oxygen atoms in total. The van der Waals surface area contributed by atoms with Gasteiger partial charge in [0.2, 0.25) is 0 Å². The summed E-state index contributed by atoms with van der Waals surface area (Å²) >= 11 is 0. The number of aliphatic hydroxyl groups is 1. The lowest BCUT2D eigenvalue weighted by molar-refractivity contribution is 0.0453. The first-order valence-corrected chi connectivity index (χ1v) is 6.22. The molecule has 1 heterocycles. The van der Waals surface area contributed by atoms with Crippen molar-refractivity contribution in [3.05, 3.63) is 12.5 Å². The van der Waals surface area contributed by atoms with Crippen molar-refractivity contribution in [3.8, 4) is 0 Å². The van der Waals surface area contributed by atoms with Crippen molar-refractivity contribution >= 4 is 10.0 Å². The first-order valence-electron chi connectivity index (χ1n) is 4.74. The maximum absolute atomic E-state index is 11.6. The van der Waals surface area contributed by atoms with Gasteiger partial charge in [0.1, 0.15) is 0 Å². The van der Waals surface area contributed by atoms with Crippen LogP contribution in [-0.2, 0) is 10.0 Å². The Morgan fingerprint density at radius 3 is 2.87 bits per heavy atom. The SMILES string of the molecule is O=S(=O)(NCC1CC(O)C1)c1cnc[nH]1. The Morgan fingerprint density at radius 2 is 2.33 bits per heavy atom. The Hall–Kier alpha value is -0.920. The van der Waals surface area contributed by atoms with Crippen LogP contribution in [-0.4, -0.2) is 36.1 Å².